The van der Waals surface area contributed by atoms with Crippen LogP contribution in [0.15, 0.2) is 22.7 Å². The average Bonchev–Trinajstić information content (AvgIpc) is 2.70. The third-order valence-corrected chi connectivity index (χ3v) is 4.04. The highest BCUT2D eigenvalue weighted by Crippen LogP contribution is 2.22. The Morgan fingerprint density at radius 1 is 1.33 bits per heavy atom. The number of ether oxygens (including phenoxy) is 1. The van der Waals surface area contributed by atoms with Crippen LogP contribution in [0.1, 0.15) is 28.7 Å². The Morgan fingerprint density at radius 3 is 2.52 bits per heavy atom. The first-order chi connectivity index (χ1) is 9.92. The molecule has 0 aliphatic heterocycles. The lowest BCUT2D eigenvalue weighted by molar-refractivity contribution is 0.0461. The van der Waals surface area contributed by atoms with E-state index in [1.165, 1.54) is 12.1 Å². The van der Waals surface area contributed by atoms with E-state index in [4.69, 9.17) is 16.2 Å². The van der Waals surface area contributed by atoms with E-state index in [9.17, 15) is 4.79 Å². The molecular weight excluding hydrogens is 336 g/mol. The number of halogens is 1. The van der Waals surface area contributed by atoms with Gasteiger partial charge in [0.1, 0.15) is 6.61 Å². The van der Waals surface area contributed by atoms with E-state index in [-0.39, 0.29) is 6.61 Å². The van der Waals surface area contributed by atoms with Crippen LogP contribution in [-0.4, -0.2) is 15.7 Å². The van der Waals surface area contributed by atoms with Gasteiger partial charge in [0.15, 0.2) is 0 Å². The number of benzene rings is 1. The summed E-state index contributed by atoms with van der Waals surface area (Å²) in [5.41, 5.74) is 14.2. The summed E-state index contributed by atoms with van der Waals surface area (Å²) in [5.74, 6) is -0.470. The van der Waals surface area contributed by atoms with Crippen molar-refractivity contribution in [2.75, 3.05) is 11.5 Å². The molecule has 0 spiro atoms. The summed E-state index contributed by atoms with van der Waals surface area (Å²) < 4.78 is 7.96. The van der Waals surface area contributed by atoms with Gasteiger partial charge >= 0.3 is 5.97 Å². The SMILES string of the molecule is CCn1nc(C)c(Br)c1COC(=O)c1cc(N)cc(N)c1. The van der Waals surface area contributed by atoms with Gasteiger partial charge in [-0.05, 0) is 48.0 Å². The van der Waals surface area contributed by atoms with Crippen molar-refractivity contribution in [3.63, 3.8) is 0 Å². The van der Waals surface area contributed by atoms with Crippen LogP contribution in [0.4, 0.5) is 11.4 Å². The van der Waals surface area contributed by atoms with Crippen molar-refractivity contribution in [1.29, 1.82) is 0 Å². The molecule has 0 saturated carbocycles. The molecule has 0 radical (unpaired) electrons. The van der Waals surface area contributed by atoms with Gasteiger partial charge < -0.3 is 16.2 Å². The molecule has 1 heterocycles. The van der Waals surface area contributed by atoms with Gasteiger partial charge in [0.05, 0.1) is 21.4 Å². The third-order valence-electron chi connectivity index (χ3n) is 3.01. The number of aryl methyl sites for hydroxylation is 2. The highest BCUT2D eigenvalue weighted by atomic mass is 79.9. The van der Waals surface area contributed by atoms with Crippen molar-refractivity contribution in [2.45, 2.75) is 27.0 Å². The normalized spacial score (nSPS) is 10.6. The number of esters is 1. The number of hydrogen-bond acceptors (Lipinski definition) is 5. The fourth-order valence-corrected chi connectivity index (χ4v) is 2.42. The average molecular weight is 353 g/mol. The summed E-state index contributed by atoms with van der Waals surface area (Å²) in [5, 5.41) is 4.35. The van der Waals surface area contributed by atoms with Gasteiger partial charge in [-0.3, -0.25) is 4.68 Å². The van der Waals surface area contributed by atoms with E-state index in [2.05, 4.69) is 21.0 Å². The quantitative estimate of drug-likeness (QED) is 0.650. The smallest absolute Gasteiger partial charge is 0.338 e. The van der Waals surface area contributed by atoms with Gasteiger partial charge in [0.25, 0.3) is 0 Å². The van der Waals surface area contributed by atoms with Crippen LogP contribution in [0.5, 0.6) is 0 Å². The van der Waals surface area contributed by atoms with Crippen molar-refractivity contribution >= 4 is 33.3 Å². The number of anilines is 2. The maximum atomic E-state index is 12.1. The van der Waals surface area contributed by atoms with Crippen LogP contribution in [0.2, 0.25) is 0 Å². The number of carbonyl (C=O) groups excluding carboxylic acids is 1. The minimum Gasteiger partial charge on any atom is -0.456 e. The van der Waals surface area contributed by atoms with Gasteiger partial charge in [-0.1, -0.05) is 0 Å². The summed E-state index contributed by atoms with van der Waals surface area (Å²) in [6.07, 6.45) is 0. The van der Waals surface area contributed by atoms with Gasteiger partial charge in [-0.2, -0.15) is 5.10 Å². The van der Waals surface area contributed by atoms with Crippen molar-refractivity contribution < 1.29 is 9.53 Å². The maximum absolute atomic E-state index is 12.1. The van der Waals surface area contributed by atoms with E-state index in [1.807, 2.05) is 13.8 Å². The number of rotatable bonds is 4. The number of nitrogens with zero attached hydrogens (tertiary/aromatic N) is 2. The molecule has 0 saturated heterocycles. The Bertz CT molecular complexity index is 662. The van der Waals surface area contributed by atoms with Gasteiger partial charge in [-0.15, -0.1) is 0 Å². The minimum atomic E-state index is -0.470. The fourth-order valence-electron chi connectivity index (χ4n) is 2.02. The minimum absolute atomic E-state index is 0.128. The lowest BCUT2D eigenvalue weighted by atomic mass is 10.2. The Hall–Kier alpha value is -2.02. The standard InChI is InChI=1S/C14H17BrN4O2/c1-3-19-12(13(15)8(2)18-19)7-21-14(20)9-4-10(16)6-11(17)5-9/h4-6H,3,7,16-17H2,1-2H3. The zero-order chi connectivity index (χ0) is 15.6. The van der Waals surface area contributed by atoms with Gasteiger partial charge in [-0.25, -0.2) is 4.79 Å². The van der Waals surface area contributed by atoms with Crippen molar-refractivity contribution in [3.05, 3.63) is 39.6 Å². The summed E-state index contributed by atoms with van der Waals surface area (Å²) >= 11 is 3.46. The largest absolute Gasteiger partial charge is 0.456 e. The third kappa shape index (κ3) is 3.36. The number of nitrogen functional groups attached to an aromatic ring is 2. The molecule has 0 unspecified atom stereocenters. The van der Waals surface area contributed by atoms with Crippen LogP contribution < -0.4 is 11.5 Å². The summed E-state index contributed by atoms with van der Waals surface area (Å²) in [6.45, 7) is 4.69. The highest BCUT2D eigenvalue weighted by Gasteiger charge is 2.15. The predicted octanol–water partition coefficient (Wildman–Crippen LogP) is 2.50. The first-order valence-electron chi connectivity index (χ1n) is 6.47. The predicted molar refractivity (Wildman–Crippen MR) is 84.7 cm³/mol. The topological polar surface area (TPSA) is 96.2 Å². The molecule has 1 aromatic heterocycles. The summed E-state index contributed by atoms with van der Waals surface area (Å²) in [4.78, 5) is 12.1. The van der Waals surface area contributed by atoms with Crippen molar-refractivity contribution in [3.8, 4) is 0 Å². The highest BCUT2D eigenvalue weighted by molar-refractivity contribution is 9.10. The van der Waals surface area contributed by atoms with Gasteiger partial charge in [0, 0.05) is 17.9 Å². The molecule has 6 nitrogen and oxygen atoms in total. The molecular formula is C14H17BrN4O2. The van der Waals surface area contributed by atoms with Crippen LogP contribution in [0.3, 0.4) is 0 Å². The molecule has 7 heteroatoms. The van der Waals surface area contributed by atoms with Crippen molar-refractivity contribution in [2.24, 2.45) is 0 Å². The lowest BCUT2D eigenvalue weighted by Gasteiger charge is -2.08. The van der Waals surface area contributed by atoms with Crippen LogP contribution >= 0.6 is 15.9 Å². The van der Waals surface area contributed by atoms with Gasteiger partial charge in [0.2, 0.25) is 0 Å². The van der Waals surface area contributed by atoms with E-state index < -0.39 is 5.97 Å². The zero-order valence-electron chi connectivity index (χ0n) is 11.9. The molecule has 1 aromatic carbocycles. The molecule has 4 N–H and O–H groups in total. The Labute approximate surface area is 131 Å². The number of hydrogen-bond donors (Lipinski definition) is 2. The van der Waals surface area contributed by atoms with E-state index >= 15 is 0 Å². The molecule has 2 aromatic rings. The zero-order valence-corrected chi connectivity index (χ0v) is 13.5. The van der Waals surface area contributed by atoms with Crippen LogP contribution in [0, 0.1) is 6.92 Å². The Morgan fingerprint density at radius 2 is 1.95 bits per heavy atom. The van der Waals surface area contributed by atoms with Crippen LogP contribution in [0.25, 0.3) is 0 Å². The second-order valence-electron chi connectivity index (χ2n) is 4.63. The second-order valence-corrected chi connectivity index (χ2v) is 5.42. The Kier molecular flexibility index (Phi) is 4.52. The molecule has 0 fully saturated rings. The molecule has 0 atom stereocenters. The molecule has 0 aliphatic rings. The van der Waals surface area contributed by atoms with Crippen LogP contribution in [-0.2, 0) is 17.9 Å². The summed E-state index contributed by atoms with van der Waals surface area (Å²) in [7, 11) is 0. The fraction of sp³-hybridized carbons (Fsp3) is 0.286. The first kappa shape index (κ1) is 15.4. The number of nitrogens with two attached hydrogens (primary N) is 2. The van der Waals surface area contributed by atoms with Crippen molar-refractivity contribution in [1.82, 2.24) is 9.78 Å². The molecule has 2 rings (SSSR count). The summed E-state index contributed by atoms with van der Waals surface area (Å²) in [6, 6.07) is 4.66. The number of carbonyl (C=O) groups is 1. The van der Waals surface area contributed by atoms with E-state index in [0.717, 1.165) is 15.9 Å². The maximum Gasteiger partial charge on any atom is 0.338 e. The van der Waals surface area contributed by atoms with E-state index in [0.29, 0.717) is 23.5 Å². The Balaban J connectivity index is 2.14. The van der Waals surface area contributed by atoms with E-state index in [1.54, 1.807) is 10.7 Å². The number of aromatic nitrogens is 2. The molecule has 112 valence electrons. The molecule has 0 bridgehead atoms. The second kappa shape index (κ2) is 6.17. The molecule has 21 heavy (non-hydrogen) atoms. The lowest BCUT2D eigenvalue weighted by Crippen LogP contribution is -2.10. The first-order valence-corrected chi connectivity index (χ1v) is 7.26. The monoisotopic (exact) mass is 352 g/mol. The molecule has 0 aliphatic carbocycles. The molecule has 0 amide bonds.